The van der Waals surface area contributed by atoms with E-state index in [0.29, 0.717) is 0 Å². The molecular weight excluding hydrogens is 300 g/mol. The summed E-state index contributed by atoms with van der Waals surface area (Å²) in [5, 5.41) is 1.05. The van der Waals surface area contributed by atoms with Crippen molar-refractivity contribution >= 4 is 10.9 Å². The van der Waals surface area contributed by atoms with E-state index < -0.39 is 0 Å². The van der Waals surface area contributed by atoms with Gasteiger partial charge in [0.25, 0.3) is 0 Å². The van der Waals surface area contributed by atoms with Crippen LogP contribution in [0.1, 0.15) is 44.4 Å². The van der Waals surface area contributed by atoms with Crippen LogP contribution in [0, 0.1) is 6.92 Å². The summed E-state index contributed by atoms with van der Waals surface area (Å²) >= 11 is 0. The van der Waals surface area contributed by atoms with E-state index in [4.69, 9.17) is 14.5 Å². The summed E-state index contributed by atoms with van der Waals surface area (Å²) in [7, 11) is 3.38. The molecule has 0 amide bonds. The van der Waals surface area contributed by atoms with Crippen molar-refractivity contribution in [3.63, 3.8) is 0 Å². The van der Waals surface area contributed by atoms with Crippen molar-refractivity contribution in [2.75, 3.05) is 27.3 Å². The van der Waals surface area contributed by atoms with E-state index in [1.807, 2.05) is 13.0 Å². The van der Waals surface area contributed by atoms with Crippen LogP contribution < -0.4 is 9.47 Å². The molecule has 0 spiro atoms. The second-order valence-corrected chi connectivity index (χ2v) is 6.24. The van der Waals surface area contributed by atoms with Gasteiger partial charge in [-0.1, -0.05) is 26.3 Å². The normalized spacial score (nSPS) is 11.2. The first-order chi connectivity index (χ1) is 11.6. The van der Waals surface area contributed by atoms with Gasteiger partial charge in [0, 0.05) is 17.5 Å². The molecule has 2 rings (SSSR count). The summed E-state index contributed by atoms with van der Waals surface area (Å²) < 4.78 is 11.1. The average Bonchev–Trinajstić information content (AvgIpc) is 2.59. The molecule has 0 aliphatic rings. The third-order valence-electron chi connectivity index (χ3n) is 4.37. The highest BCUT2D eigenvalue weighted by Gasteiger charge is 2.14. The molecule has 0 radical (unpaired) electrons. The Labute approximate surface area is 145 Å². The molecule has 0 atom stereocenters. The van der Waals surface area contributed by atoms with Crippen LogP contribution in [0.25, 0.3) is 10.9 Å². The van der Waals surface area contributed by atoms with Gasteiger partial charge in [0.1, 0.15) is 11.3 Å². The minimum atomic E-state index is 0.807. The topological polar surface area (TPSA) is 34.6 Å². The average molecular weight is 330 g/mol. The van der Waals surface area contributed by atoms with Crippen LogP contribution in [0.5, 0.6) is 11.5 Å². The third-order valence-corrected chi connectivity index (χ3v) is 4.37. The maximum absolute atomic E-state index is 5.62. The minimum absolute atomic E-state index is 0.807. The van der Waals surface area contributed by atoms with Gasteiger partial charge in [-0.15, -0.1) is 0 Å². The highest BCUT2D eigenvalue weighted by molar-refractivity contribution is 5.88. The zero-order valence-electron chi connectivity index (χ0n) is 15.7. The van der Waals surface area contributed by atoms with E-state index in [9.17, 15) is 0 Å². The summed E-state index contributed by atoms with van der Waals surface area (Å²) in [6.07, 6.45) is 3.61. The Balaban J connectivity index is 2.35. The van der Waals surface area contributed by atoms with E-state index in [-0.39, 0.29) is 0 Å². The number of rotatable bonds is 9. The Bertz CT molecular complexity index is 670. The number of hydrogen-bond donors (Lipinski definition) is 0. The highest BCUT2D eigenvalue weighted by Crippen LogP contribution is 2.35. The van der Waals surface area contributed by atoms with Crippen LogP contribution in [-0.2, 0) is 6.54 Å². The van der Waals surface area contributed by atoms with Crippen molar-refractivity contribution < 1.29 is 9.47 Å². The lowest BCUT2D eigenvalue weighted by atomic mass is 10.1. The summed E-state index contributed by atoms with van der Waals surface area (Å²) in [6, 6.07) is 6.27. The zero-order chi connectivity index (χ0) is 17.5. The lowest BCUT2D eigenvalue weighted by molar-refractivity contribution is 0.259. The minimum Gasteiger partial charge on any atom is -0.496 e. The van der Waals surface area contributed by atoms with Gasteiger partial charge in [-0.2, -0.15) is 0 Å². The van der Waals surface area contributed by atoms with E-state index in [1.165, 1.54) is 12.8 Å². The molecule has 4 heteroatoms. The first-order valence-electron chi connectivity index (χ1n) is 8.88. The molecule has 0 saturated heterocycles. The van der Waals surface area contributed by atoms with Crippen LogP contribution in [0.3, 0.4) is 0 Å². The lowest BCUT2D eigenvalue weighted by Gasteiger charge is -2.21. The maximum Gasteiger partial charge on any atom is 0.151 e. The molecule has 132 valence electrons. The fourth-order valence-corrected chi connectivity index (χ4v) is 3.09. The number of aromatic nitrogens is 1. The van der Waals surface area contributed by atoms with Gasteiger partial charge in [0.15, 0.2) is 5.75 Å². The van der Waals surface area contributed by atoms with Crippen molar-refractivity contribution in [3.8, 4) is 11.5 Å². The van der Waals surface area contributed by atoms with Crippen molar-refractivity contribution in [2.24, 2.45) is 0 Å². The summed E-state index contributed by atoms with van der Waals surface area (Å²) in [5.41, 5.74) is 3.00. The van der Waals surface area contributed by atoms with E-state index in [0.717, 1.165) is 59.7 Å². The Morgan fingerprint density at radius 3 is 2.46 bits per heavy atom. The molecule has 1 aromatic carbocycles. The van der Waals surface area contributed by atoms with Crippen LogP contribution in [0.2, 0.25) is 0 Å². The molecule has 0 bridgehead atoms. The zero-order valence-corrected chi connectivity index (χ0v) is 15.7. The molecule has 0 aliphatic heterocycles. The Morgan fingerprint density at radius 1 is 1.04 bits per heavy atom. The molecule has 0 fully saturated rings. The predicted octanol–water partition coefficient (Wildman–Crippen LogP) is 4.57. The van der Waals surface area contributed by atoms with Gasteiger partial charge in [-0.05, 0) is 45.0 Å². The van der Waals surface area contributed by atoms with Gasteiger partial charge in [-0.3, -0.25) is 4.90 Å². The quantitative estimate of drug-likeness (QED) is 0.674. The van der Waals surface area contributed by atoms with Crippen LogP contribution in [-0.4, -0.2) is 37.2 Å². The molecule has 2 aromatic rings. The summed E-state index contributed by atoms with van der Waals surface area (Å²) in [4.78, 5) is 7.38. The van der Waals surface area contributed by atoms with Gasteiger partial charge in [0.2, 0.25) is 0 Å². The fourth-order valence-electron chi connectivity index (χ4n) is 3.09. The molecule has 0 saturated carbocycles. The van der Waals surface area contributed by atoms with Gasteiger partial charge >= 0.3 is 0 Å². The lowest BCUT2D eigenvalue weighted by Crippen LogP contribution is -2.25. The van der Waals surface area contributed by atoms with Gasteiger partial charge < -0.3 is 9.47 Å². The smallest absolute Gasteiger partial charge is 0.151 e. The molecular formula is C20H30N2O2. The van der Waals surface area contributed by atoms with Crippen molar-refractivity contribution in [1.82, 2.24) is 9.88 Å². The number of unbranched alkanes of at least 4 members (excludes halogenated alkanes) is 1. The van der Waals surface area contributed by atoms with E-state index in [1.54, 1.807) is 14.2 Å². The largest absolute Gasteiger partial charge is 0.496 e. The summed E-state index contributed by atoms with van der Waals surface area (Å²) in [5.74, 6) is 1.64. The predicted molar refractivity (Wildman–Crippen MR) is 100 cm³/mol. The highest BCUT2D eigenvalue weighted by atomic mass is 16.5. The van der Waals surface area contributed by atoms with E-state index >= 15 is 0 Å². The maximum atomic E-state index is 5.62. The van der Waals surface area contributed by atoms with Gasteiger partial charge in [-0.25, -0.2) is 4.98 Å². The van der Waals surface area contributed by atoms with Crippen molar-refractivity contribution in [2.45, 2.75) is 46.6 Å². The fraction of sp³-hybridized carbons (Fsp3) is 0.550. The third kappa shape index (κ3) is 4.18. The first kappa shape index (κ1) is 18.5. The molecule has 4 nitrogen and oxygen atoms in total. The van der Waals surface area contributed by atoms with Crippen molar-refractivity contribution in [3.05, 3.63) is 29.5 Å². The molecule has 1 heterocycles. The standard InChI is InChI=1S/C20H30N2O2/c1-6-8-12-22(11-7-2)14-17-10-9-16-13-18(23-4)15(3)20(24-5)19(16)21-17/h9-10,13H,6-8,11-12,14H2,1-5H3. The SMILES string of the molecule is CCCCN(CCC)Cc1ccc2cc(OC)c(C)c(OC)c2n1. The number of benzene rings is 1. The number of fused-ring (bicyclic) bond motifs is 1. The Morgan fingerprint density at radius 2 is 1.83 bits per heavy atom. The number of nitrogens with zero attached hydrogens (tertiary/aromatic N) is 2. The second kappa shape index (κ2) is 8.88. The van der Waals surface area contributed by atoms with Crippen molar-refractivity contribution in [1.29, 1.82) is 0 Å². The number of hydrogen-bond acceptors (Lipinski definition) is 4. The Hall–Kier alpha value is -1.81. The Kier molecular flexibility index (Phi) is 6.85. The monoisotopic (exact) mass is 330 g/mol. The number of pyridine rings is 1. The van der Waals surface area contributed by atoms with E-state index in [2.05, 4.69) is 30.9 Å². The molecule has 24 heavy (non-hydrogen) atoms. The summed E-state index contributed by atoms with van der Waals surface area (Å²) in [6.45, 7) is 9.60. The number of methoxy groups -OCH3 is 2. The van der Waals surface area contributed by atoms with Crippen LogP contribution in [0.15, 0.2) is 18.2 Å². The van der Waals surface area contributed by atoms with Crippen LogP contribution >= 0.6 is 0 Å². The molecule has 0 N–H and O–H groups in total. The first-order valence-corrected chi connectivity index (χ1v) is 8.88. The molecule has 0 aliphatic carbocycles. The second-order valence-electron chi connectivity index (χ2n) is 6.24. The van der Waals surface area contributed by atoms with Crippen LogP contribution in [0.4, 0.5) is 0 Å². The number of ether oxygens (including phenoxy) is 2. The van der Waals surface area contributed by atoms with Gasteiger partial charge in [0.05, 0.1) is 19.9 Å². The molecule has 1 aromatic heterocycles. The molecule has 0 unspecified atom stereocenters.